The molecule has 114 valence electrons. The average molecular weight is 351 g/mol. The molecule has 0 saturated heterocycles. The smallest absolute Gasteiger partial charge is 0.238 e. The molecule has 1 aromatic rings. The molecule has 4 heteroatoms. The van der Waals surface area contributed by atoms with E-state index in [0.717, 1.165) is 28.7 Å². The van der Waals surface area contributed by atoms with Gasteiger partial charge in [0, 0.05) is 10.2 Å². The zero-order valence-corrected chi connectivity index (χ0v) is 14.1. The fourth-order valence-corrected chi connectivity index (χ4v) is 2.76. The van der Waals surface area contributed by atoms with E-state index in [0.29, 0.717) is 6.54 Å². The average Bonchev–Trinajstić information content (AvgIpc) is 2.49. The van der Waals surface area contributed by atoms with Crippen molar-refractivity contribution in [3.8, 4) is 0 Å². The van der Waals surface area contributed by atoms with Crippen molar-refractivity contribution in [2.45, 2.75) is 39.0 Å². The summed E-state index contributed by atoms with van der Waals surface area (Å²) in [7, 11) is 0. The normalized spacial score (nSPS) is 14.7. The number of halogens is 1. The highest BCUT2D eigenvalue weighted by Crippen LogP contribution is 2.20. The minimum atomic E-state index is 0.00865. The van der Waals surface area contributed by atoms with Crippen LogP contribution in [0.3, 0.4) is 0 Å². The Bertz CT molecular complexity index is 526. The van der Waals surface area contributed by atoms with E-state index in [4.69, 9.17) is 0 Å². The maximum atomic E-state index is 11.9. The lowest BCUT2D eigenvalue weighted by atomic mass is 9.97. The first-order valence-electron chi connectivity index (χ1n) is 7.60. The zero-order chi connectivity index (χ0) is 15.1. The minimum absolute atomic E-state index is 0.00865. The molecule has 0 bridgehead atoms. The van der Waals surface area contributed by atoms with Crippen LogP contribution in [0, 0.1) is 6.92 Å². The molecule has 0 spiro atoms. The molecule has 0 fully saturated rings. The fourth-order valence-electron chi connectivity index (χ4n) is 2.51. The van der Waals surface area contributed by atoms with Crippen LogP contribution < -0.4 is 10.6 Å². The maximum absolute atomic E-state index is 11.9. The Labute approximate surface area is 135 Å². The van der Waals surface area contributed by atoms with Gasteiger partial charge in [-0.15, -0.1) is 0 Å². The Kier molecular flexibility index (Phi) is 6.46. The summed E-state index contributed by atoms with van der Waals surface area (Å²) < 4.78 is 1.05. The van der Waals surface area contributed by atoms with Crippen molar-refractivity contribution in [3.63, 3.8) is 0 Å². The summed E-state index contributed by atoms with van der Waals surface area (Å²) in [6.07, 6.45) is 8.51. The number of hydrogen-bond acceptors (Lipinski definition) is 2. The summed E-state index contributed by atoms with van der Waals surface area (Å²) in [5.41, 5.74) is 3.50. The fraction of sp³-hybridized carbons (Fsp3) is 0.471. The van der Waals surface area contributed by atoms with Gasteiger partial charge in [0.25, 0.3) is 0 Å². The van der Waals surface area contributed by atoms with Crippen LogP contribution >= 0.6 is 15.9 Å². The van der Waals surface area contributed by atoms with Gasteiger partial charge in [-0.05, 0) is 69.3 Å². The van der Waals surface area contributed by atoms with Crippen LogP contribution in [-0.2, 0) is 4.79 Å². The Morgan fingerprint density at radius 2 is 2.19 bits per heavy atom. The van der Waals surface area contributed by atoms with Gasteiger partial charge in [0.05, 0.1) is 6.54 Å². The molecule has 1 aliphatic rings. The number of allylic oxidation sites excluding steroid dienone is 1. The van der Waals surface area contributed by atoms with Crippen molar-refractivity contribution >= 4 is 27.5 Å². The monoisotopic (exact) mass is 350 g/mol. The van der Waals surface area contributed by atoms with Crippen molar-refractivity contribution in [1.82, 2.24) is 5.32 Å². The maximum Gasteiger partial charge on any atom is 0.238 e. The van der Waals surface area contributed by atoms with Crippen LogP contribution in [0.15, 0.2) is 34.3 Å². The van der Waals surface area contributed by atoms with E-state index in [2.05, 4.69) is 32.6 Å². The van der Waals surface area contributed by atoms with Gasteiger partial charge in [-0.3, -0.25) is 4.79 Å². The molecule has 3 nitrogen and oxygen atoms in total. The van der Waals surface area contributed by atoms with Crippen molar-refractivity contribution < 1.29 is 4.79 Å². The van der Waals surface area contributed by atoms with Gasteiger partial charge in [-0.25, -0.2) is 0 Å². The second kappa shape index (κ2) is 8.35. The van der Waals surface area contributed by atoms with Crippen LogP contribution in [-0.4, -0.2) is 19.0 Å². The number of carbonyl (C=O) groups is 1. The molecule has 1 aliphatic carbocycles. The van der Waals surface area contributed by atoms with Gasteiger partial charge >= 0.3 is 0 Å². The van der Waals surface area contributed by atoms with Crippen LogP contribution in [0.1, 0.15) is 37.7 Å². The number of nitrogens with one attached hydrogen (secondary N) is 2. The Morgan fingerprint density at radius 1 is 1.33 bits per heavy atom. The molecule has 0 saturated carbocycles. The number of amides is 1. The number of anilines is 1. The molecule has 1 aromatic carbocycles. The van der Waals surface area contributed by atoms with Gasteiger partial charge in [-0.2, -0.15) is 0 Å². The van der Waals surface area contributed by atoms with E-state index < -0.39 is 0 Å². The molecule has 0 heterocycles. The number of carbonyl (C=O) groups excluding carboxylic acids is 1. The van der Waals surface area contributed by atoms with Gasteiger partial charge in [-0.1, -0.05) is 27.6 Å². The topological polar surface area (TPSA) is 41.1 Å². The Balaban J connectivity index is 1.67. The third kappa shape index (κ3) is 5.64. The number of rotatable bonds is 6. The van der Waals surface area contributed by atoms with E-state index in [1.807, 2.05) is 25.1 Å². The Hall–Kier alpha value is -1.13. The third-order valence-electron chi connectivity index (χ3n) is 3.74. The van der Waals surface area contributed by atoms with Gasteiger partial charge in [0.15, 0.2) is 0 Å². The summed E-state index contributed by atoms with van der Waals surface area (Å²) in [6, 6.07) is 5.82. The van der Waals surface area contributed by atoms with E-state index in [9.17, 15) is 4.79 Å². The predicted molar refractivity (Wildman–Crippen MR) is 91.5 cm³/mol. The number of aryl methyl sites for hydroxylation is 1. The largest absolute Gasteiger partial charge is 0.325 e. The second-order valence-corrected chi connectivity index (χ2v) is 6.40. The van der Waals surface area contributed by atoms with Crippen LogP contribution in [0.25, 0.3) is 0 Å². The molecule has 21 heavy (non-hydrogen) atoms. The molecule has 2 rings (SSSR count). The van der Waals surface area contributed by atoms with Gasteiger partial charge in [0.1, 0.15) is 0 Å². The summed E-state index contributed by atoms with van der Waals surface area (Å²) in [6.45, 7) is 3.25. The molecule has 2 N–H and O–H groups in total. The predicted octanol–water partition coefficient (Wildman–Crippen LogP) is 4.18. The highest BCUT2D eigenvalue weighted by Gasteiger charge is 2.05. The first kappa shape index (κ1) is 16.2. The standard InChI is InChI=1S/C17H23BrN2O/c1-13-11-15(7-8-16(13)18)20-17(21)12-19-10-9-14-5-3-2-4-6-14/h5,7-8,11,19H,2-4,6,9-10,12H2,1H3,(H,20,21). The quantitative estimate of drug-likeness (QED) is 0.596. The summed E-state index contributed by atoms with van der Waals surface area (Å²) in [5.74, 6) is 0.00865. The van der Waals surface area contributed by atoms with Crippen LogP contribution in [0.2, 0.25) is 0 Å². The first-order valence-corrected chi connectivity index (χ1v) is 8.39. The molecule has 0 unspecified atom stereocenters. The molecular weight excluding hydrogens is 328 g/mol. The van der Waals surface area contributed by atoms with Gasteiger partial charge < -0.3 is 10.6 Å². The molecule has 1 amide bonds. The van der Waals surface area contributed by atoms with Crippen molar-refractivity contribution in [1.29, 1.82) is 0 Å². The lowest BCUT2D eigenvalue weighted by molar-refractivity contribution is -0.115. The molecule has 0 atom stereocenters. The van der Waals surface area contributed by atoms with Crippen LogP contribution in [0.5, 0.6) is 0 Å². The zero-order valence-electron chi connectivity index (χ0n) is 12.5. The molecule has 0 radical (unpaired) electrons. The number of hydrogen-bond donors (Lipinski definition) is 2. The summed E-state index contributed by atoms with van der Waals surface area (Å²) in [4.78, 5) is 11.9. The minimum Gasteiger partial charge on any atom is -0.325 e. The molecule has 0 aliphatic heterocycles. The third-order valence-corrected chi connectivity index (χ3v) is 4.62. The lowest BCUT2D eigenvalue weighted by Gasteiger charge is -2.13. The van der Waals surface area contributed by atoms with Crippen LogP contribution in [0.4, 0.5) is 5.69 Å². The van der Waals surface area contributed by atoms with Crippen molar-refractivity contribution in [2.75, 3.05) is 18.4 Å². The highest BCUT2D eigenvalue weighted by atomic mass is 79.9. The molecular formula is C17H23BrN2O. The Morgan fingerprint density at radius 3 is 2.90 bits per heavy atom. The molecule has 0 aromatic heterocycles. The van der Waals surface area contributed by atoms with E-state index in [1.165, 1.54) is 31.3 Å². The first-order chi connectivity index (χ1) is 10.1. The van der Waals surface area contributed by atoms with E-state index in [-0.39, 0.29) is 5.91 Å². The van der Waals surface area contributed by atoms with Crippen molar-refractivity contribution in [2.24, 2.45) is 0 Å². The summed E-state index contributed by atoms with van der Waals surface area (Å²) >= 11 is 3.45. The SMILES string of the molecule is Cc1cc(NC(=O)CNCCC2=CCCCC2)ccc1Br. The lowest BCUT2D eigenvalue weighted by Crippen LogP contribution is -2.29. The van der Waals surface area contributed by atoms with E-state index in [1.54, 1.807) is 0 Å². The number of benzene rings is 1. The van der Waals surface area contributed by atoms with Gasteiger partial charge in [0.2, 0.25) is 5.91 Å². The summed E-state index contributed by atoms with van der Waals surface area (Å²) in [5, 5.41) is 6.13. The van der Waals surface area contributed by atoms with Crippen molar-refractivity contribution in [3.05, 3.63) is 39.9 Å². The highest BCUT2D eigenvalue weighted by molar-refractivity contribution is 9.10. The second-order valence-electron chi connectivity index (χ2n) is 5.55. The van der Waals surface area contributed by atoms with E-state index >= 15 is 0 Å².